The van der Waals surface area contributed by atoms with Crippen LogP contribution < -0.4 is 10.2 Å². The molecule has 0 spiro atoms. The van der Waals surface area contributed by atoms with Gasteiger partial charge >= 0.3 is 0 Å². The Kier molecular flexibility index (Phi) is 5.33. The van der Waals surface area contributed by atoms with Crippen LogP contribution in [0.5, 0.6) is 0 Å². The van der Waals surface area contributed by atoms with Crippen LogP contribution in [0.15, 0.2) is 18.2 Å². The van der Waals surface area contributed by atoms with E-state index in [0.29, 0.717) is 24.5 Å². The predicted molar refractivity (Wildman–Crippen MR) is 108 cm³/mol. The molecule has 0 unspecified atom stereocenters. The lowest BCUT2D eigenvalue weighted by atomic mass is 9.92. The number of nitrogens with zero attached hydrogens (tertiary/aromatic N) is 3. The topological polar surface area (TPSA) is 75.2 Å². The van der Waals surface area contributed by atoms with Gasteiger partial charge in [0.05, 0.1) is 0 Å². The van der Waals surface area contributed by atoms with Crippen molar-refractivity contribution in [1.82, 2.24) is 10.2 Å². The molecule has 2 heterocycles. The van der Waals surface area contributed by atoms with E-state index in [0.717, 1.165) is 21.8 Å². The average molecular weight is 387 g/mol. The van der Waals surface area contributed by atoms with Crippen LogP contribution in [-0.4, -0.2) is 28.6 Å². The van der Waals surface area contributed by atoms with Crippen molar-refractivity contribution in [1.29, 1.82) is 0 Å². The van der Waals surface area contributed by atoms with Crippen molar-refractivity contribution >= 4 is 34.0 Å². The third-order valence-corrected chi connectivity index (χ3v) is 5.37. The van der Waals surface area contributed by atoms with E-state index < -0.39 is 0 Å². The second-order valence-corrected chi connectivity index (χ2v) is 9.49. The van der Waals surface area contributed by atoms with E-state index in [1.165, 1.54) is 11.3 Å². The Balaban J connectivity index is 1.69. The molecule has 1 fully saturated rings. The molecule has 1 saturated heterocycles. The number of carbonyl (C=O) groups is 2. The number of carbonyl (C=O) groups excluding carboxylic acids is 2. The van der Waals surface area contributed by atoms with Crippen molar-refractivity contribution in [2.75, 3.05) is 16.8 Å². The number of hydrogen-bond donors (Lipinski definition) is 1. The summed E-state index contributed by atoms with van der Waals surface area (Å²) < 4.78 is 0. The molecule has 27 heavy (non-hydrogen) atoms. The fourth-order valence-electron chi connectivity index (χ4n) is 3.32. The summed E-state index contributed by atoms with van der Waals surface area (Å²) in [7, 11) is 0. The standard InChI is InChI=1S/C20H26N4O2S/c1-12-6-13(2)8-15(7-12)24-11-14(9-17(24)26)18-22-23-19(27-18)21-16(25)10-20(3,4)5/h6-8,14H,9-11H2,1-5H3,(H,21,23,25)/t14-/m0/s1. The van der Waals surface area contributed by atoms with Gasteiger partial charge in [-0.05, 0) is 42.5 Å². The minimum atomic E-state index is -0.0814. The van der Waals surface area contributed by atoms with Gasteiger partial charge in [0, 0.05) is 31.0 Å². The summed E-state index contributed by atoms with van der Waals surface area (Å²) in [6.45, 7) is 10.7. The highest BCUT2D eigenvalue weighted by atomic mass is 32.1. The van der Waals surface area contributed by atoms with Crippen LogP contribution in [0.25, 0.3) is 0 Å². The molecule has 6 nitrogen and oxygen atoms in total. The van der Waals surface area contributed by atoms with Gasteiger partial charge in [0.1, 0.15) is 5.01 Å². The van der Waals surface area contributed by atoms with Crippen molar-refractivity contribution in [2.45, 2.75) is 53.4 Å². The highest BCUT2D eigenvalue weighted by molar-refractivity contribution is 7.15. The average Bonchev–Trinajstić information content (AvgIpc) is 3.10. The third-order valence-electron chi connectivity index (χ3n) is 4.37. The number of anilines is 2. The van der Waals surface area contributed by atoms with Crippen molar-refractivity contribution in [3.8, 4) is 0 Å². The molecule has 0 radical (unpaired) electrons. The molecule has 0 bridgehead atoms. The van der Waals surface area contributed by atoms with E-state index in [1.54, 1.807) is 0 Å². The SMILES string of the molecule is Cc1cc(C)cc(N2C[C@@H](c3nnc(NC(=O)CC(C)(C)C)s3)CC2=O)c1. The van der Waals surface area contributed by atoms with Crippen molar-refractivity contribution in [3.63, 3.8) is 0 Å². The Labute approximate surface area is 164 Å². The third kappa shape index (κ3) is 4.91. The Hall–Kier alpha value is -2.28. The molecule has 1 N–H and O–H groups in total. The summed E-state index contributed by atoms with van der Waals surface area (Å²) in [5.74, 6) is 0.0344. The monoisotopic (exact) mass is 386 g/mol. The maximum atomic E-state index is 12.5. The van der Waals surface area contributed by atoms with Gasteiger partial charge < -0.3 is 10.2 Å². The van der Waals surface area contributed by atoms with Crippen molar-refractivity contribution < 1.29 is 9.59 Å². The van der Waals surface area contributed by atoms with Crippen LogP contribution >= 0.6 is 11.3 Å². The van der Waals surface area contributed by atoms with Crippen LogP contribution in [-0.2, 0) is 9.59 Å². The molecule has 0 saturated carbocycles. The molecule has 0 aliphatic carbocycles. The molecule has 1 atom stereocenters. The second kappa shape index (κ2) is 7.38. The van der Waals surface area contributed by atoms with Crippen LogP contribution in [0.4, 0.5) is 10.8 Å². The number of aryl methyl sites for hydroxylation is 2. The first-order valence-electron chi connectivity index (χ1n) is 9.13. The molecular formula is C20H26N4O2S. The van der Waals surface area contributed by atoms with Crippen LogP contribution in [0.2, 0.25) is 0 Å². The smallest absolute Gasteiger partial charge is 0.227 e. The number of aromatic nitrogens is 2. The van der Waals surface area contributed by atoms with Crippen molar-refractivity contribution in [2.24, 2.45) is 5.41 Å². The van der Waals surface area contributed by atoms with Crippen LogP contribution in [0.3, 0.4) is 0 Å². The van der Waals surface area contributed by atoms with E-state index >= 15 is 0 Å². The van der Waals surface area contributed by atoms with E-state index in [4.69, 9.17) is 0 Å². The zero-order chi connectivity index (χ0) is 19.8. The fourth-order valence-corrected chi connectivity index (χ4v) is 4.18. The van der Waals surface area contributed by atoms with Crippen LogP contribution in [0, 0.1) is 19.3 Å². The number of amides is 2. The van der Waals surface area contributed by atoms with E-state index in [2.05, 4.69) is 21.6 Å². The Morgan fingerprint density at radius 3 is 2.52 bits per heavy atom. The summed E-state index contributed by atoms with van der Waals surface area (Å²) in [6.07, 6.45) is 0.835. The quantitative estimate of drug-likeness (QED) is 0.860. The first-order valence-corrected chi connectivity index (χ1v) is 9.94. The molecule has 1 aromatic carbocycles. The van der Waals surface area contributed by atoms with Crippen LogP contribution in [0.1, 0.15) is 55.7 Å². The zero-order valence-corrected chi connectivity index (χ0v) is 17.3. The van der Waals surface area contributed by atoms with Gasteiger partial charge in [-0.15, -0.1) is 10.2 Å². The molecule has 7 heteroatoms. The first-order chi connectivity index (χ1) is 12.6. The molecule has 1 aromatic heterocycles. The number of hydrogen-bond acceptors (Lipinski definition) is 5. The van der Waals surface area contributed by atoms with Gasteiger partial charge in [0.15, 0.2) is 0 Å². The molecule has 2 amide bonds. The number of benzene rings is 1. The minimum absolute atomic E-state index is 0.00378. The van der Waals surface area contributed by atoms with Gasteiger partial charge in [-0.25, -0.2) is 0 Å². The van der Waals surface area contributed by atoms with E-state index in [1.807, 2.05) is 51.7 Å². The summed E-state index contributed by atoms with van der Waals surface area (Å²) in [5.41, 5.74) is 3.13. The number of rotatable bonds is 4. The highest BCUT2D eigenvalue weighted by Crippen LogP contribution is 2.35. The molecule has 3 rings (SSSR count). The predicted octanol–water partition coefficient (Wildman–Crippen LogP) is 4.05. The number of nitrogens with one attached hydrogen (secondary N) is 1. The second-order valence-electron chi connectivity index (χ2n) is 8.48. The molecule has 1 aliphatic heterocycles. The summed E-state index contributed by atoms with van der Waals surface area (Å²) >= 11 is 1.36. The Bertz CT molecular complexity index is 849. The molecule has 144 valence electrons. The normalized spacial score (nSPS) is 17.4. The summed E-state index contributed by atoms with van der Waals surface area (Å²) in [5, 5.41) is 12.4. The van der Waals surface area contributed by atoms with Gasteiger partial charge in [-0.3, -0.25) is 9.59 Å². The zero-order valence-electron chi connectivity index (χ0n) is 16.5. The maximum absolute atomic E-state index is 12.5. The van der Waals surface area contributed by atoms with E-state index in [-0.39, 0.29) is 23.1 Å². The molecular weight excluding hydrogens is 360 g/mol. The van der Waals surface area contributed by atoms with Gasteiger partial charge in [0.2, 0.25) is 16.9 Å². The maximum Gasteiger partial charge on any atom is 0.227 e. The minimum Gasteiger partial charge on any atom is -0.312 e. The van der Waals surface area contributed by atoms with Gasteiger partial charge in [-0.1, -0.05) is 38.2 Å². The first kappa shape index (κ1) is 19.5. The lowest BCUT2D eigenvalue weighted by molar-refractivity contribution is -0.118. The van der Waals surface area contributed by atoms with Gasteiger partial charge in [-0.2, -0.15) is 0 Å². The van der Waals surface area contributed by atoms with Crippen molar-refractivity contribution in [3.05, 3.63) is 34.3 Å². The largest absolute Gasteiger partial charge is 0.312 e. The molecule has 2 aromatic rings. The Morgan fingerprint density at radius 1 is 1.22 bits per heavy atom. The lowest BCUT2D eigenvalue weighted by Crippen LogP contribution is -2.24. The summed E-state index contributed by atoms with van der Waals surface area (Å²) in [4.78, 5) is 26.4. The Morgan fingerprint density at radius 2 is 1.89 bits per heavy atom. The fraction of sp³-hybridized carbons (Fsp3) is 0.500. The van der Waals surface area contributed by atoms with Gasteiger partial charge in [0.25, 0.3) is 0 Å². The summed E-state index contributed by atoms with van der Waals surface area (Å²) in [6, 6.07) is 6.16. The molecule has 1 aliphatic rings. The lowest BCUT2D eigenvalue weighted by Gasteiger charge is -2.17. The van der Waals surface area contributed by atoms with E-state index in [9.17, 15) is 9.59 Å². The highest BCUT2D eigenvalue weighted by Gasteiger charge is 2.34.